The maximum absolute atomic E-state index is 5.91. The second-order valence-electron chi connectivity index (χ2n) is 4.98. The third-order valence-electron chi connectivity index (χ3n) is 3.52. The number of rotatable bonds is 1. The molecule has 2 heteroatoms. The minimum absolute atomic E-state index is 0.188. The molecular formula is C11H21NO. The summed E-state index contributed by atoms with van der Waals surface area (Å²) in [7, 11) is 0. The predicted molar refractivity (Wildman–Crippen MR) is 53.8 cm³/mol. The van der Waals surface area contributed by atoms with Crippen molar-refractivity contribution in [3.05, 3.63) is 0 Å². The average Bonchev–Trinajstić information content (AvgIpc) is 2.55. The molecule has 0 bridgehead atoms. The molecule has 1 saturated carbocycles. The molecule has 1 unspecified atom stereocenters. The zero-order valence-electron chi connectivity index (χ0n) is 8.81. The van der Waals surface area contributed by atoms with Crippen molar-refractivity contribution >= 4 is 0 Å². The van der Waals surface area contributed by atoms with Crippen LogP contribution in [0.5, 0.6) is 0 Å². The molecule has 1 heterocycles. The van der Waals surface area contributed by atoms with Gasteiger partial charge in [0.15, 0.2) is 0 Å². The monoisotopic (exact) mass is 183 g/mol. The van der Waals surface area contributed by atoms with Crippen molar-refractivity contribution in [1.29, 1.82) is 0 Å². The van der Waals surface area contributed by atoms with E-state index >= 15 is 0 Å². The number of nitrogens with one attached hydrogen (secondary N) is 1. The molecule has 2 nitrogen and oxygen atoms in total. The lowest BCUT2D eigenvalue weighted by Gasteiger charge is -2.42. The van der Waals surface area contributed by atoms with Gasteiger partial charge in [-0.05, 0) is 32.6 Å². The van der Waals surface area contributed by atoms with Gasteiger partial charge in [0.2, 0.25) is 0 Å². The first-order valence-electron chi connectivity index (χ1n) is 5.57. The average molecular weight is 183 g/mol. The van der Waals surface area contributed by atoms with Crippen molar-refractivity contribution in [2.45, 2.75) is 51.2 Å². The molecule has 76 valence electrons. The van der Waals surface area contributed by atoms with Crippen LogP contribution in [0.2, 0.25) is 0 Å². The van der Waals surface area contributed by atoms with E-state index in [2.05, 4.69) is 19.2 Å². The van der Waals surface area contributed by atoms with E-state index < -0.39 is 0 Å². The molecule has 1 aliphatic heterocycles. The highest BCUT2D eigenvalue weighted by Crippen LogP contribution is 2.35. The molecule has 1 N–H and O–H groups in total. The van der Waals surface area contributed by atoms with Gasteiger partial charge in [0.25, 0.3) is 0 Å². The maximum Gasteiger partial charge on any atom is 0.0779 e. The van der Waals surface area contributed by atoms with E-state index in [-0.39, 0.29) is 5.54 Å². The van der Waals surface area contributed by atoms with Crippen molar-refractivity contribution in [3.63, 3.8) is 0 Å². The molecule has 13 heavy (non-hydrogen) atoms. The van der Waals surface area contributed by atoms with Gasteiger partial charge in [-0.3, -0.25) is 0 Å². The standard InChI is InChI=1S/C11H21NO/c1-11(2)10(13-8-7-12-11)9-5-3-4-6-9/h9-10,12H,3-8H2,1-2H3. The van der Waals surface area contributed by atoms with Crippen molar-refractivity contribution in [1.82, 2.24) is 5.32 Å². The Morgan fingerprint density at radius 1 is 1.23 bits per heavy atom. The van der Waals surface area contributed by atoms with Crippen molar-refractivity contribution in [2.75, 3.05) is 13.2 Å². The van der Waals surface area contributed by atoms with Gasteiger partial charge in [-0.25, -0.2) is 0 Å². The summed E-state index contributed by atoms with van der Waals surface area (Å²) in [6, 6.07) is 0. The Kier molecular flexibility index (Phi) is 2.61. The first kappa shape index (κ1) is 9.47. The van der Waals surface area contributed by atoms with Crippen LogP contribution in [-0.4, -0.2) is 24.8 Å². The summed E-state index contributed by atoms with van der Waals surface area (Å²) in [4.78, 5) is 0. The molecule has 1 aliphatic carbocycles. The zero-order valence-corrected chi connectivity index (χ0v) is 8.81. The van der Waals surface area contributed by atoms with E-state index in [1.807, 2.05) is 0 Å². The Morgan fingerprint density at radius 2 is 1.92 bits per heavy atom. The third-order valence-corrected chi connectivity index (χ3v) is 3.52. The van der Waals surface area contributed by atoms with E-state index in [0.29, 0.717) is 6.10 Å². The second kappa shape index (κ2) is 3.58. The summed E-state index contributed by atoms with van der Waals surface area (Å²) < 4.78 is 5.91. The summed E-state index contributed by atoms with van der Waals surface area (Å²) >= 11 is 0. The molecule has 1 atom stereocenters. The van der Waals surface area contributed by atoms with Crippen molar-refractivity contribution in [3.8, 4) is 0 Å². The first-order chi connectivity index (χ1) is 6.20. The fourth-order valence-corrected chi connectivity index (χ4v) is 2.85. The van der Waals surface area contributed by atoms with Crippen LogP contribution in [0.15, 0.2) is 0 Å². The van der Waals surface area contributed by atoms with Crippen LogP contribution in [0.4, 0.5) is 0 Å². The van der Waals surface area contributed by atoms with Gasteiger partial charge in [-0.2, -0.15) is 0 Å². The van der Waals surface area contributed by atoms with Crippen molar-refractivity contribution in [2.24, 2.45) is 5.92 Å². The van der Waals surface area contributed by atoms with Gasteiger partial charge in [-0.1, -0.05) is 12.8 Å². The highest BCUT2D eigenvalue weighted by atomic mass is 16.5. The van der Waals surface area contributed by atoms with Crippen molar-refractivity contribution < 1.29 is 4.74 Å². The Morgan fingerprint density at radius 3 is 2.54 bits per heavy atom. The highest BCUT2D eigenvalue weighted by Gasteiger charge is 2.39. The van der Waals surface area contributed by atoms with Crippen LogP contribution in [-0.2, 0) is 4.74 Å². The second-order valence-corrected chi connectivity index (χ2v) is 4.98. The molecule has 0 amide bonds. The fourth-order valence-electron chi connectivity index (χ4n) is 2.85. The molecule has 2 fully saturated rings. The predicted octanol–water partition coefficient (Wildman–Crippen LogP) is 1.94. The van der Waals surface area contributed by atoms with Gasteiger partial charge in [0, 0.05) is 12.1 Å². The van der Waals surface area contributed by atoms with Crippen LogP contribution in [0, 0.1) is 5.92 Å². The smallest absolute Gasteiger partial charge is 0.0779 e. The van der Waals surface area contributed by atoms with Crippen LogP contribution in [0.3, 0.4) is 0 Å². The molecule has 1 saturated heterocycles. The number of morpholine rings is 1. The molecule has 2 aliphatic rings. The minimum atomic E-state index is 0.188. The minimum Gasteiger partial charge on any atom is -0.375 e. The molecule has 0 radical (unpaired) electrons. The van der Waals surface area contributed by atoms with Gasteiger partial charge < -0.3 is 10.1 Å². The fraction of sp³-hybridized carbons (Fsp3) is 1.00. The number of hydrogen-bond acceptors (Lipinski definition) is 2. The third kappa shape index (κ3) is 1.89. The summed E-state index contributed by atoms with van der Waals surface area (Å²) in [5.74, 6) is 0.808. The lowest BCUT2D eigenvalue weighted by molar-refractivity contribution is -0.0683. The van der Waals surface area contributed by atoms with E-state index in [0.717, 1.165) is 19.1 Å². The number of ether oxygens (including phenoxy) is 1. The summed E-state index contributed by atoms with van der Waals surface area (Å²) in [6.45, 7) is 6.45. The first-order valence-corrected chi connectivity index (χ1v) is 5.57. The number of hydrogen-bond donors (Lipinski definition) is 1. The lowest BCUT2D eigenvalue weighted by Crippen LogP contribution is -2.58. The topological polar surface area (TPSA) is 21.3 Å². The normalized spacial score (nSPS) is 35.1. The molecule has 0 aromatic heterocycles. The van der Waals surface area contributed by atoms with E-state index in [9.17, 15) is 0 Å². The Bertz CT molecular complexity index is 173. The highest BCUT2D eigenvalue weighted by molar-refractivity contribution is 4.95. The quantitative estimate of drug-likeness (QED) is 0.671. The molecule has 0 aromatic rings. The van der Waals surface area contributed by atoms with E-state index in [4.69, 9.17) is 4.74 Å². The zero-order chi connectivity index (χ0) is 9.31. The van der Waals surface area contributed by atoms with Gasteiger partial charge in [0.1, 0.15) is 0 Å². The maximum atomic E-state index is 5.91. The summed E-state index contributed by atoms with van der Waals surface area (Å²) in [5, 5.41) is 3.56. The van der Waals surface area contributed by atoms with Crippen LogP contribution < -0.4 is 5.32 Å². The van der Waals surface area contributed by atoms with E-state index in [1.165, 1.54) is 25.7 Å². The summed E-state index contributed by atoms with van der Waals surface area (Å²) in [6.07, 6.45) is 6.00. The summed E-state index contributed by atoms with van der Waals surface area (Å²) in [5.41, 5.74) is 0.188. The van der Waals surface area contributed by atoms with Crippen LogP contribution >= 0.6 is 0 Å². The van der Waals surface area contributed by atoms with Gasteiger partial charge >= 0.3 is 0 Å². The SMILES string of the molecule is CC1(C)NCCOC1C1CCCC1. The Hall–Kier alpha value is -0.0800. The molecule has 0 aromatic carbocycles. The lowest BCUT2D eigenvalue weighted by atomic mass is 9.85. The van der Waals surface area contributed by atoms with Gasteiger partial charge in [0.05, 0.1) is 12.7 Å². The van der Waals surface area contributed by atoms with Crippen LogP contribution in [0.1, 0.15) is 39.5 Å². The molecule has 2 rings (SSSR count). The Balaban J connectivity index is 2.02. The molecule has 0 spiro atoms. The van der Waals surface area contributed by atoms with E-state index in [1.54, 1.807) is 0 Å². The largest absolute Gasteiger partial charge is 0.375 e. The molecular weight excluding hydrogens is 162 g/mol. The van der Waals surface area contributed by atoms with Gasteiger partial charge in [-0.15, -0.1) is 0 Å². The Labute approximate surface area is 81.0 Å². The van der Waals surface area contributed by atoms with Crippen LogP contribution in [0.25, 0.3) is 0 Å².